The van der Waals surface area contributed by atoms with Crippen LogP contribution in [-0.4, -0.2) is 24.7 Å². The highest BCUT2D eigenvalue weighted by atomic mass is 16.3. The molecule has 3 N–H and O–H groups in total. The Kier molecular flexibility index (Phi) is 1.94. The lowest BCUT2D eigenvalue weighted by molar-refractivity contribution is 0.478. The molecule has 0 radical (unpaired) electrons. The van der Waals surface area contributed by atoms with Crippen molar-refractivity contribution in [3.63, 3.8) is 0 Å². The standard InChI is InChI=1S/C11H9N5O/c12-8-5-7(1-2-9(8)17)11-15-14-10-3-4-13-6-16(10)11/h1-6,17H,12H2. The van der Waals surface area contributed by atoms with Gasteiger partial charge in [0.05, 0.1) is 5.69 Å². The van der Waals surface area contributed by atoms with Crippen LogP contribution in [0.25, 0.3) is 17.0 Å². The first-order valence-corrected chi connectivity index (χ1v) is 4.99. The SMILES string of the molecule is Nc1cc(-c2nnc3ccncn23)ccc1O. The molecule has 3 rings (SSSR count). The molecule has 0 spiro atoms. The molecule has 0 atom stereocenters. The van der Waals surface area contributed by atoms with Crippen LogP contribution in [0.3, 0.4) is 0 Å². The van der Waals surface area contributed by atoms with Crippen LogP contribution in [0.15, 0.2) is 36.8 Å². The zero-order chi connectivity index (χ0) is 11.8. The second-order valence-electron chi connectivity index (χ2n) is 3.61. The summed E-state index contributed by atoms with van der Waals surface area (Å²) in [6, 6.07) is 6.68. The van der Waals surface area contributed by atoms with Crippen molar-refractivity contribution < 1.29 is 5.11 Å². The van der Waals surface area contributed by atoms with Gasteiger partial charge in [-0.05, 0) is 18.2 Å². The molecule has 17 heavy (non-hydrogen) atoms. The van der Waals surface area contributed by atoms with E-state index >= 15 is 0 Å². The summed E-state index contributed by atoms with van der Waals surface area (Å²) < 4.78 is 1.76. The third-order valence-corrected chi connectivity index (χ3v) is 2.50. The number of phenolic OH excluding ortho intramolecular Hbond substituents is 1. The summed E-state index contributed by atoms with van der Waals surface area (Å²) in [5.74, 6) is 0.695. The van der Waals surface area contributed by atoms with Gasteiger partial charge in [-0.2, -0.15) is 0 Å². The summed E-state index contributed by atoms with van der Waals surface area (Å²) >= 11 is 0. The van der Waals surface area contributed by atoms with Gasteiger partial charge in [0.25, 0.3) is 0 Å². The van der Waals surface area contributed by atoms with Gasteiger partial charge in [-0.1, -0.05) is 0 Å². The van der Waals surface area contributed by atoms with Gasteiger partial charge in [0.1, 0.15) is 12.1 Å². The average molecular weight is 227 g/mol. The van der Waals surface area contributed by atoms with Gasteiger partial charge in [-0.3, -0.25) is 4.40 Å². The normalized spacial score (nSPS) is 10.8. The Morgan fingerprint density at radius 2 is 2.06 bits per heavy atom. The van der Waals surface area contributed by atoms with Crippen molar-refractivity contribution in [1.29, 1.82) is 0 Å². The van der Waals surface area contributed by atoms with Crippen molar-refractivity contribution in [2.75, 3.05) is 5.73 Å². The first-order chi connectivity index (χ1) is 8.25. The summed E-state index contributed by atoms with van der Waals surface area (Å²) in [4.78, 5) is 4.01. The minimum Gasteiger partial charge on any atom is -0.506 e. The zero-order valence-electron chi connectivity index (χ0n) is 8.78. The molecule has 2 heterocycles. The maximum atomic E-state index is 9.37. The quantitative estimate of drug-likeness (QED) is 0.479. The fraction of sp³-hybridized carbons (Fsp3) is 0. The molecule has 0 saturated carbocycles. The molecule has 0 amide bonds. The van der Waals surface area contributed by atoms with Crippen LogP contribution < -0.4 is 5.73 Å². The third-order valence-electron chi connectivity index (χ3n) is 2.50. The van der Waals surface area contributed by atoms with Gasteiger partial charge in [0, 0.05) is 17.8 Å². The predicted octanol–water partition coefficient (Wildman–Crippen LogP) is 1.08. The largest absolute Gasteiger partial charge is 0.506 e. The highest BCUT2D eigenvalue weighted by Gasteiger charge is 2.09. The van der Waals surface area contributed by atoms with Crippen molar-refractivity contribution in [3.05, 3.63) is 36.8 Å². The molecule has 0 aliphatic rings. The van der Waals surface area contributed by atoms with Crippen LogP contribution >= 0.6 is 0 Å². The number of nitrogens with two attached hydrogens (primary N) is 1. The van der Waals surface area contributed by atoms with Crippen molar-refractivity contribution >= 4 is 11.3 Å². The number of hydrogen-bond donors (Lipinski definition) is 2. The van der Waals surface area contributed by atoms with Crippen LogP contribution in [0.2, 0.25) is 0 Å². The topological polar surface area (TPSA) is 89.3 Å². The lowest BCUT2D eigenvalue weighted by atomic mass is 10.2. The van der Waals surface area contributed by atoms with Crippen LogP contribution in [0, 0.1) is 0 Å². The van der Waals surface area contributed by atoms with E-state index in [1.165, 1.54) is 6.07 Å². The number of rotatable bonds is 1. The van der Waals surface area contributed by atoms with E-state index in [2.05, 4.69) is 15.2 Å². The Bertz CT molecular complexity index is 691. The number of aromatic nitrogens is 4. The number of anilines is 1. The van der Waals surface area contributed by atoms with E-state index in [0.29, 0.717) is 17.2 Å². The third kappa shape index (κ3) is 1.46. The molecule has 0 unspecified atom stereocenters. The lowest BCUT2D eigenvalue weighted by Crippen LogP contribution is -1.92. The van der Waals surface area contributed by atoms with Crippen LogP contribution in [-0.2, 0) is 0 Å². The molecule has 0 bridgehead atoms. The minimum atomic E-state index is 0.0562. The molecule has 84 valence electrons. The first kappa shape index (κ1) is 9.59. The Labute approximate surface area is 96.4 Å². The molecule has 6 heteroatoms. The molecule has 2 aromatic heterocycles. The number of nitrogen functional groups attached to an aromatic ring is 1. The van der Waals surface area contributed by atoms with Gasteiger partial charge in [0.15, 0.2) is 11.5 Å². The Hall–Kier alpha value is -2.63. The zero-order valence-corrected chi connectivity index (χ0v) is 8.78. The summed E-state index contributed by atoms with van der Waals surface area (Å²) in [7, 11) is 0. The second kappa shape index (κ2) is 3.44. The maximum absolute atomic E-state index is 9.37. The number of hydrogen-bond acceptors (Lipinski definition) is 5. The highest BCUT2D eigenvalue weighted by molar-refractivity contribution is 5.67. The fourth-order valence-corrected chi connectivity index (χ4v) is 1.64. The van der Waals surface area contributed by atoms with E-state index < -0.39 is 0 Å². The predicted molar refractivity (Wildman–Crippen MR) is 62.3 cm³/mol. The highest BCUT2D eigenvalue weighted by Crippen LogP contribution is 2.26. The molecule has 0 fully saturated rings. The van der Waals surface area contributed by atoms with Gasteiger partial charge in [0.2, 0.25) is 0 Å². The van der Waals surface area contributed by atoms with E-state index in [-0.39, 0.29) is 5.75 Å². The van der Waals surface area contributed by atoms with E-state index in [1.54, 1.807) is 35.1 Å². The number of aromatic hydroxyl groups is 1. The van der Waals surface area contributed by atoms with Crippen LogP contribution in [0.5, 0.6) is 5.75 Å². The van der Waals surface area contributed by atoms with Crippen molar-refractivity contribution in [2.24, 2.45) is 0 Å². The number of phenols is 1. The van der Waals surface area contributed by atoms with Crippen molar-refractivity contribution in [2.45, 2.75) is 0 Å². The molecule has 1 aromatic carbocycles. The van der Waals surface area contributed by atoms with Gasteiger partial charge >= 0.3 is 0 Å². The van der Waals surface area contributed by atoms with Gasteiger partial charge in [-0.15, -0.1) is 10.2 Å². The van der Waals surface area contributed by atoms with Gasteiger partial charge in [-0.25, -0.2) is 4.98 Å². The molecule has 0 saturated heterocycles. The molecule has 0 aliphatic carbocycles. The molecule has 0 aliphatic heterocycles. The molecule has 6 nitrogen and oxygen atoms in total. The van der Waals surface area contributed by atoms with Gasteiger partial charge < -0.3 is 10.8 Å². The summed E-state index contributed by atoms with van der Waals surface area (Å²) in [5, 5.41) is 17.5. The Morgan fingerprint density at radius 3 is 2.88 bits per heavy atom. The fourth-order valence-electron chi connectivity index (χ4n) is 1.64. The van der Waals surface area contributed by atoms with Crippen LogP contribution in [0.1, 0.15) is 0 Å². The smallest absolute Gasteiger partial charge is 0.169 e. The Balaban J connectivity index is 2.24. The van der Waals surface area contributed by atoms with Crippen LogP contribution in [0.4, 0.5) is 5.69 Å². The van der Waals surface area contributed by atoms with Crippen molar-refractivity contribution in [1.82, 2.24) is 19.6 Å². The molecular weight excluding hydrogens is 218 g/mol. The van der Waals surface area contributed by atoms with Crippen molar-refractivity contribution in [3.8, 4) is 17.1 Å². The maximum Gasteiger partial charge on any atom is 0.169 e. The average Bonchev–Trinajstić information content (AvgIpc) is 2.76. The number of nitrogens with zero attached hydrogens (tertiary/aromatic N) is 4. The number of fused-ring (bicyclic) bond motifs is 1. The minimum absolute atomic E-state index is 0.0562. The first-order valence-electron chi connectivity index (χ1n) is 4.99. The summed E-state index contributed by atoms with van der Waals surface area (Å²) in [6.45, 7) is 0. The summed E-state index contributed by atoms with van der Waals surface area (Å²) in [6.07, 6.45) is 3.28. The summed E-state index contributed by atoms with van der Waals surface area (Å²) in [5.41, 5.74) is 7.44. The molecular formula is C11H9N5O. The second-order valence-corrected chi connectivity index (χ2v) is 3.61. The van der Waals surface area contributed by atoms with E-state index in [9.17, 15) is 5.11 Å². The van der Waals surface area contributed by atoms with E-state index in [0.717, 1.165) is 5.56 Å². The monoisotopic (exact) mass is 227 g/mol. The van der Waals surface area contributed by atoms with E-state index in [4.69, 9.17) is 5.73 Å². The Morgan fingerprint density at radius 1 is 1.18 bits per heavy atom. The number of benzene rings is 1. The molecule has 3 aromatic rings. The van der Waals surface area contributed by atoms with E-state index in [1.807, 2.05) is 0 Å². The lowest BCUT2D eigenvalue weighted by Gasteiger charge is -2.02.